The first-order chi connectivity index (χ1) is 23.6. The second-order valence-corrected chi connectivity index (χ2v) is 12.2. The molecule has 1 aliphatic heterocycles. The van der Waals surface area contributed by atoms with Crippen LogP contribution in [0.2, 0.25) is 0 Å². The predicted molar refractivity (Wildman–Crippen MR) is 184 cm³/mol. The van der Waals surface area contributed by atoms with Gasteiger partial charge >= 0.3 is 17.9 Å². The number of benzene rings is 3. The van der Waals surface area contributed by atoms with Gasteiger partial charge < -0.3 is 25.2 Å². The normalized spacial score (nSPS) is 13.9. The average molecular weight is 674 g/mol. The SMILES string of the molecule is CC(=O)O[C@@H](CCC[C@@H](c1ccc(CCCC(C(=O)O)C(=O)O)cc1)N(C=O)c1ccc(CCC2=NCCCN2)cc1)c1ccc(F)cc1. The van der Waals surface area contributed by atoms with Gasteiger partial charge in [0.05, 0.1) is 11.9 Å². The van der Waals surface area contributed by atoms with E-state index in [9.17, 15) is 23.6 Å². The molecule has 0 radical (unpaired) electrons. The number of ether oxygens (including phenoxy) is 1. The number of carboxylic acid groups (broad SMARTS) is 2. The molecule has 260 valence electrons. The number of esters is 1. The van der Waals surface area contributed by atoms with Crippen LogP contribution in [-0.2, 0) is 36.8 Å². The number of carboxylic acids is 2. The number of aliphatic carboxylic acids is 2. The number of anilines is 1. The minimum Gasteiger partial charge on any atom is -0.481 e. The van der Waals surface area contributed by atoms with Crippen LogP contribution in [0.4, 0.5) is 10.1 Å². The number of halogens is 1. The first-order valence-electron chi connectivity index (χ1n) is 16.7. The first-order valence-corrected chi connectivity index (χ1v) is 16.7. The molecule has 0 fully saturated rings. The van der Waals surface area contributed by atoms with E-state index >= 15 is 0 Å². The van der Waals surface area contributed by atoms with Crippen LogP contribution in [0, 0.1) is 11.7 Å². The predicted octanol–water partition coefficient (Wildman–Crippen LogP) is 6.44. The summed E-state index contributed by atoms with van der Waals surface area (Å²) in [4.78, 5) is 53.3. The number of nitrogens with zero attached hydrogens (tertiary/aromatic N) is 2. The Morgan fingerprint density at radius 2 is 1.49 bits per heavy atom. The van der Waals surface area contributed by atoms with Crippen molar-refractivity contribution in [3.63, 3.8) is 0 Å². The van der Waals surface area contributed by atoms with E-state index in [1.165, 1.54) is 19.1 Å². The third-order valence-corrected chi connectivity index (χ3v) is 8.71. The van der Waals surface area contributed by atoms with Gasteiger partial charge in [-0.15, -0.1) is 0 Å². The number of aryl methyl sites for hydroxylation is 2. The molecule has 0 spiro atoms. The standard InChI is InChI=1S/C38H44FN3O7/c1-26(44)49-35(30-16-18-31(39)19-17-30)8-3-7-34(29-14-9-27(10-15-29)5-2-6-33(37(45)46)38(47)48)42(25-43)32-20-11-28(12-21-32)13-22-36-40-23-4-24-41-36/h9-12,14-21,25,33-35H,2-8,13,22-24H2,1H3,(H,40,41)(H,45,46)(H,47,48)/t34-,35-/m0/s1. The molecule has 4 rings (SSSR count). The second-order valence-electron chi connectivity index (χ2n) is 12.2. The maximum absolute atomic E-state index is 13.6. The topological polar surface area (TPSA) is 146 Å². The molecule has 3 N–H and O–H groups in total. The van der Waals surface area contributed by atoms with Gasteiger partial charge in [-0.3, -0.25) is 24.2 Å². The number of hydrogen-bond donors (Lipinski definition) is 3. The molecule has 0 bridgehead atoms. The van der Waals surface area contributed by atoms with Crippen molar-refractivity contribution in [3.05, 3.63) is 101 Å². The van der Waals surface area contributed by atoms with Crippen LogP contribution in [-0.4, -0.2) is 53.5 Å². The maximum atomic E-state index is 13.6. The Morgan fingerprint density at radius 3 is 2.08 bits per heavy atom. The summed E-state index contributed by atoms with van der Waals surface area (Å²) in [6, 6.07) is 21.1. The Morgan fingerprint density at radius 1 is 0.857 bits per heavy atom. The zero-order valence-corrected chi connectivity index (χ0v) is 27.7. The van der Waals surface area contributed by atoms with Crippen molar-refractivity contribution in [2.45, 2.75) is 76.9 Å². The van der Waals surface area contributed by atoms with Crippen LogP contribution in [0.1, 0.15) is 86.3 Å². The average Bonchev–Trinajstić information content (AvgIpc) is 3.09. The highest BCUT2D eigenvalue weighted by Crippen LogP contribution is 2.33. The molecule has 3 aromatic carbocycles. The number of aliphatic imine (C=N–C) groups is 1. The minimum atomic E-state index is -1.44. The van der Waals surface area contributed by atoms with Crippen LogP contribution in [0.5, 0.6) is 0 Å². The highest BCUT2D eigenvalue weighted by atomic mass is 19.1. The van der Waals surface area contributed by atoms with Crippen LogP contribution in [0.25, 0.3) is 0 Å². The van der Waals surface area contributed by atoms with E-state index < -0.39 is 29.9 Å². The molecule has 0 saturated heterocycles. The molecule has 3 aromatic rings. The fraction of sp³-hybridized carbons (Fsp3) is 0.395. The number of amidine groups is 1. The van der Waals surface area contributed by atoms with Crippen molar-refractivity contribution >= 4 is 35.8 Å². The van der Waals surface area contributed by atoms with Crippen LogP contribution in [0.15, 0.2) is 77.8 Å². The third-order valence-electron chi connectivity index (χ3n) is 8.71. The largest absolute Gasteiger partial charge is 0.481 e. The molecule has 0 saturated carbocycles. The van der Waals surface area contributed by atoms with Gasteiger partial charge in [0.25, 0.3) is 0 Å². The van der Waals surface area contributed by atoms with E-state index in [2.05, 4.69) is 10.3 Å². The Hall–Kier alpha value is -5.06. The fourth-order valence-corrected chi connectivity index (χ4v) is 6.06. The van der Waals surface area contributed by atoms with Crippen LogP contribution >= 0.6 is 0 Å². The summed E-state index contributed by atoms with van der Waals surface area (Å²) in [5.41, 5.74) is 4.33. The molecule has 2 atom stereocenters. The fourth-order valence-electron chi connectivity index (χ4n) is 6.06. The van der Waals surface area contributed by atoms with Gasteiger partial charge in [-0.05, 0) is 97.9 Å². The summed E-state index contributed by atoms with van der Waals surface area (Å²) in [5.74, 6) is -3.95. The van der Waals surface area contributed by atoms with E-state index in [1.54, 1.807) is 17.0 Å². The lowest BCUT2D eigenvalue weighted by atomic mass is 9.94. The van der Waals surface area contributed by atoms with Crippen LogP contribution in [0.3, 0.4) is 0 Å². The lowest BCUT2D eigenvalue weighted by Crippen LogP contribution is -2.29. The summed E-state index contributed by atoms with van der Waals surface area (Å²) in [6.07, 6.45) is 5.39. The quantitative estimate of drug-likeness (QED) is 0.0749. The third kappa shape index (κ3) is 11.3. The number of carbonyl (C=O) groups is 4. The Labute approximate surface area is 286 Å². The minimum absolute atomic E-state index is 0.0200. The van der Waals surface area contributed by atoms with Gasteiger partial charge in [-0.2, -0.15) is 0 Å². The Balaban J connectivity index is 1.51. The summed E-state index contributed by atoms with van der Waals surface area (Å²) in [7, 11) is 0. The molecule has 1 amide bonds. The number of nitrogens with one attached hydrogen (secondary N) is 1. The zero-order chi connectivity index (χ0) is 35.2. The van der Waals surface area contributed by atoms with Crippen molar-refractivity contribution in [2.24, 2.45) is 10.9 Å². The Kier molecular flexibility index (Phi) is 13.9. The van der Waals surface area contributed by atoms with Gasteiger partial charge in [-0.1, -0.05) is 48.5 Å². The van der Waals surface area contributed by atoms with Crippen molar-refractivity contribution < 1.29 is 38.5 Å². The van der Waals surface area contributed by atoms with Crippen molar-refractivity contribution in [1.29, 1.82) is 0 Å². The first kappa shape index (κ1) is 36.8. The van der Waals surface area contributed by atoms with E-state index in [0.717, 1.165) is 67.0 Å². The highest BCUT2D eigenvalue weighted by Gasteiger charge is 2.25. The lowest BCUT2D eigenvalue weighted by molar-refractivity contribution is -0.155. The van der Waals surface area contributed by atoms with E-state index in [4.69, 9.17) is 14.9 Å². The number of carbonyl (C=O) groups excluding carboxylic acids is 2. The molecule has 0 aromatic heterocycles. The van der Waals surface area contributed by atoms with E-state index in [1.807, 2.05) is 48.5 Å². The summed E-state index contributed by atoms with van der Waals surface area (Å²) in [5, 5.41) is 21.7. The maximum Gasteiger partial charge on any atom is 0.317 e. The van der Waals surface area contributed by atoms with Crippen molar-refractivity contribution in [2.75, 3.05) is 18.0 Å². The van der Waals surface area contributed by atoms with Gasteiger partial charge in [0.2, 0.25) is 6.41 Å². The van der Waals surface area contributed by atoms with E-state index in [-0.39, 0.29) is 18.3 Å². The number of hydrogen-bond acceptors (Lipinski definition) is 7. The summed E-state index contributed by atoms with van der Waals surface area (Å²) >= 11 is 0. The van der Waals surface area contributed by atoms with Gasteiger partial charge in [0.1, 0.15) is 11.9 Å². The second kappa shape index (κ2) is 18.5. The number of rotatable bonds is 19. The highest BCUT2D eigenvalue weighted by molar-refractivity contribution is 5.92. The number of amides is 1. The molecule has 11 heteroatoms. The molecule has 0 unspecified atom stereocenters. The zero-order valence-electron chi connectivity index (χ0n) is 27.7. The molecule has 0 aliphatic carbocycles. The van der Waals surface area contributed by atoms with Gasteiger partial charge in [-0.25, -0.2) is 4.39 Å². The lowest BCUT2D eigenvalue weighted by Gasteiger charge is -2.30. The molecule has 1 heterocycles. The smallest absolute Gasteiger partial charge is 0.317 e. The molecule has 1 aliphatic rings. The van der Waals surface area contributed by atoms with Crippen molar-refractivity contribution in [1.82, 2.24) is 5.32 Å². The van der Waals surface area contributed by atoms with Gasteiger partial charge in [0, 0.05) is 32.1 Å². The van der Waals surface area contributed by atoms with Gasteiger partial charge in [0.15, 0.2) is 5.92 Å². The molecule has 10 nitrogen and oxygen atoms in total. The summed E-state index contributed by atoms with van der Waals surface area (Å²) in [6.45, 7) is 3.12. The monoisotopic (exact) mass is 673 g/mol. The molecular weight excluding hydrogens is 629 g/mol. The Bertz CT molecular complexity index is 1560. The van der Waals surface area contributed by atoms with E-state index in [0.29, 0.717) is 37.7 Å². The van der Waals surface area contributed by atoms with Crippen LogP contribution < -0.4 is 10.2 Å². The molecule has 49 heavy (non-hydrogen) atoms. The molecular formula is C38H44FN3O7. The summed E-state index contributed by atoms with van der Waals surface area (Å²) < 4.78 is 19.2. The van der Waals surface area contributed by atoms with Crippen molar-refractivity contribution in [3.8, 4) is 0 Å².